The number of pyridine rings is 1. The lowest BCUT2D eigenvalue weighted by atomic mass is 9.94. The first kappa shape index (κ1) is 9.62. The van der Waals surface area contributed by atoms with Crippen LogP contribution in [0.3, 0.4) is 0 Å². The summed E-state index contributed by atoms with van der Waals surface area (Å²) in [7, 11) is 0. The van der Waals surface area contributed by atoms with Crippen LogP contribution in [0.2, 0.25) is 5.02 Å². The molecule has 0 bridgehead atoms. The fourth-order valence-corrected chi connectivity index (χ4v) is 1.80. The lowest BCUT2D eigenvalue weighted by molar-refractivity contribution is -0.121. The van der Waals surface area contributed by atoms with Crippen LogP contribution in [0.5, 0.6) is 0 Å². The molecule has 1 aliphatic heterocycles. The van der Waals surface area contributed by atoms with E-state index >= 15 is 0 Å². The summed E-state index contributed by atoms with van der Waals surface area (Å²) in [6.07, 6.45) is 2.22. The molecule has 1 aromatic heterocycles. The van der Waals surface area contributed by atoms with Gasteiger partial charge in [-0.05, 0) is 12.1 Å². The summed E-state index contributed by atoms with van der Waals surface area (Å²) in [4.78, 5) is 15.8. The van der Waals surface area contributed by atoms with E-state index in [1.165, 1.54) is 0 Å². The first-order valence-electron chi connectivity index (χ1n) is 4.62. The molecule has 74 valence electrons. The van der Waals surface area contributed by atoms with Crippen molar-refractivity contribution in [1.82, 2.24) is 10.3 Å². The van der Waals surface area contributed by atoms with E-state index in [9.17, 15) is 4.79 Å². The Bertz CT molecular complexity index is 354. The molecule has 1 unspecified atom stereocenters. The molecule has 2 heterocycles. The minimum atomic E-state index is -0.123. The van der Waals surface area contributed by atoms with Crippen molar-refractivity contribution in [2.24, 2.45) is 0 Å². The van der Waals surface area contributed by atoms with Gasteiger partial charge in [-0.1, -0.05) is 11.6 Å². The van der Waals surface area contributed by atoms with Gasteiger partial charge < -0.3 is 5.32 Å². The smallest absolute Gasteiger partial charge is 0.144 e. The molecule has 0 amide bonds. The number of aromatic nitrogens is 1. The van der Waals surface area contributed by atoms with Gasteiger partial charge in [0.05, 0.1) is 11.6 Å². The first-order valence-corrected chi connectivity index (χ1v) is 5.00. The van der Waals surface area contributed by atoms with Gasteiger partial charge in [-0.3, -0.25) is 9.78 Å². The van der Waals surface area contributed by atoms with E-state index in [1.807, 2.05) is 0 Å². The van der Waals surface area contributed by atoms with Crippen molar-refractivity contribution in [2.45, 2.75) is 12.3 Å². The van der Waals surface area contributed by atoms with Gasteiger partial charge in [-0.15, -0.1) is 0 Å². The number of carbonyl (C=O) groups excluding carboxylic acids is 1. The second-order valence-corrected chi connectivity index (χ2v) is 3.81. The number of carbonyl (C=O) groups is 1. The van der Waals surface area contributed by atoms with Gasteiger partial charge in [0.1, 0.15) is 5.78 Å². The molecule has 0 aromatic carbocycles. The average molecular weight is 211 g/mol. The number of nitrogens with one attached hydrogen (secondary N) is 1. The molecule has 1 fully saturated rings. The Hall–Kier alpha value is -0.930. The fourth-order valence-electron chi connectivity index (χ4n) is 1.63. The van der Waals surface area contributed by atoms with E-state index in [0.29, 0.717) is 18.0 Å². The highest BCUT2D eigenvalue weighted by molar-refractivity contribution is 6.30. The monoisotopic (exact) mass is 210 g/mol. The summed E-state index contributed by atoms with van der Waals surface area (Å²) in [6, 6.07) is 3.48. The molecular weight excluding hydrogens is 200 g/mol. The molecule has 4 heteroatoms. The van der Waals surface area contributed by atoms with Crippen LogP contribution in [0.4, 0.5) is 0 Å². The summed E-state index contributed by atoms with van der Waals surface area (Å²) in [5.41, 5.74) is 0.773. The maximum Gasteiger partial charge on any atom is 0.144 e. The van der Waals surface area contributed by atoms with E-state index < -0.39 is 0 Å². The predicted octanol–water partition coefficient (Wildman–Crippen LogP) is 1.38. The highest BCUT2D eigenvalue weighted by Gasteiger charge is 2.24. The summed E-state index contributed by atoms with van der Waals surface area (Å²) in [5.74, 6) is 0.126. The van der Waals surface area contributed by atoms with Gasteiger partial charge in [0, 0.05) is 30.7 Å². The van der Waals surface area contributed by atoms with Gasteiger partial charge in [0.2, 0.25) is 0 Å². The zero-order valence-electron chi connectivity index (χ0n) is 7.66. The average Bonchev–Trinajstić information content (AvgIpc) is 2.18. The molecule has 0 saturated carbocycles. The second kappa shape index (κ2) is 4.07. The number of hydrogen-bond donors (Lipinski definition) is 1. The van der Waals surface area contributed by atoms with E-state index in [1.54, 1.807) is 18.3 Å². The molecule has 1 atom stereocenters. The Labute approximate surface area is 87.5 Å². The summed E-state index contributed by atoms with van der Waals surface area (Å²) >= 11 is 5.84. The van der Waals surface area contributed by atoms with Crippen molar-refractivity contribution < 1.29 is 4.79 Å². The lowest BCUT2D eigenvalue weighted by Crippen LogP contribution is -2.35. The van der Waals surface area contributed by atoms with Crippen LogP contribution in [-0.4, -0.2) is 23.9 Å². The summed E-state index contributed by atoms with van der Waals surface area (Å²) in [5, 5.41) is 3.81. The number of Topliss-reactive ketones (excluding diaryl/α,β-unsaturated/α-hetero) is 1. The highest BCUT2D eigenvalue weighted by atomic mass is 35.5. The van der Waals surface area contributed by atoms with Crippen LogP contribution in [0.25, 0.3) is 0 Å². The van der Waals surface area contributed by atoms with Gasteiger partial charge >= 0.3 is 0 Å². The number of piperidine rings is 1. The van der Waals surface area contributed by atoms with Gasteiger partial charge in [-0.2, -0.15) is 0 Å². The molecule has 3 nitrogen and oxygen atoms in total. The number of halogens is 1. The molecular formula is C10H11ClN2O. The second-order valence-electron chi connectivity index (χ2n) is 3.37. The van der Waals surface area contributed by atoms with E-state index in [4.69, 9.17) is 11.6 Å². The van der Waals surface area contributed by atoms with Crippen LogP contribution < -0.4 is 5.32 Å². The van der Waals surface area contributed by atoms with Crippen molar-refractivity contribution in [1.29, 1.82) is 0 Å². The standard InChI is InChI=1S/C10H11ClN2O/c11-7-1-4-13-9(5-7)8-6-12-3-2-10(8)14/h1,4-5,8,12H,2-3,6H2. The Morgan fingerprint density at radius 3 is 3.14 bits per heavy atom. The lowest BCUT2D eigenvalue weighted by Gasteiger charge is -2.20. The Morgan fingerprint density at radius 2 is 2.43 bits per heavy atom. The van der Waals surface area contributed by atoms with Crippen molar-refractivity contribution in [3.63, 3.8) is 0 Å². The molecule has 1 saturated heterocycles. The predicted molar refractivity (Wildman–Crippen MR) is 54.5 cm³/mol. The largest absolute Gasteiger partial charge is 0.315 e. The minimum Gasteiger partial charge on any atom is -0.315 e. The quantitative estimate of drug-likeness (QED) is 0.762. The first-order chi connectivity index (χ1) is 6.77. The SMILES string of the molecule is O=C1CCNCC1c1cc(Cl)ccn1. The van der Waals surface area contributed by atoms with Crippen molar-refractivity contribution in [2.75, 3.05) is 13.1 Å². The molecule has 1 N–H and O–H groups in total. The molecule has 0 radical (unpaired) electrons. The zero-order valence-corrected chi connectivity index (χ0v) is 8.42. The van der Waals surface area contributed by atoms with E-state index in [-0.39, 0.29) is 11.7 Å². The number of nitrogens with zero attached hydrogens (tertiary/aromatic N) is 1. The Kier molecular flexibility index (Phi) is 2.79. The third kappa shape index (κ3) is 1.94. The topological polar surface area (TPSA) is 42.0 Å². The minimum absolute atomic E-state index is 0.123. The van der Waals surface area contributed by atoms with Gasteiger partial charge in [0.15, 0.2) is 0 Å². The van der Waals surface area contributed by atoms with Gasteiger partial charge in [-0.25, -0.2) is 0 Å². The van der Waals surface area contributed by atoms with Crippen LogP contribution in [0.1, 0.15) is 18.0 Å². The Balaban J connectivity index is 2.24. The third-order valence-corrected chi connectivity index (χ3v) is 2.62. The van der Waals surface area contributed by atoms with Gasteiger partial charge in [0.25, 0.3) is 0 Å². The van der Waals surface area contributed by atoms with Crippen molar-refractivity contribution >= 4 is 17.4 Å². The van der Waals surface area contributed by atoms with Crippen LogP contribution >= 0.6 is 11.6 Å². The van der Waals surface area contributed by atoms with E-state index in [0.717, 1.165) is 12.2 Å². The van der Waals surface area contributed by atoms with Crippen molar-refractivity contribution in [3.05, 3.63) is 29.0 Å². The maximum atomic E-state index is 11.6. The molecule has 14 heavy (non-hydrogen) atoms. The molecule has 1 aliphatic rings. The Morgan fingerprint density at radius 1 is 1.57 bits per heavy atom. The number of rotatable bonds is 1. The van der Waals surface area contributed by atoms with E-state index in [2.05, 4.69) is 10.3 Å². The number of ketones is 1. The third-order valence-electron chi connectivity index (χ3n) is 2.39. The number of hydrogen-bond acceptors (Lipinski definition) is 3. The van der Waals surface area contributed by atoms with Crippen LogP contribution in [0, 0.1) is 0 Å². The summed E-state index contributed by atoms with van der Waals surface area (Å²) in [6.45, 7) is 1.45. The van der Waals surface area contributed by atoms with Crippen LogP contribution in [0.15, 0.2) is 18.3 Å². The molecule has 1 aromatic rings. The summed E-state index contributed by atoms with van der Waals surface area (Å²) < 4.78 is 0. The normalized spacial score (nSPS) is 22.4. The highest BCUT2D eigenvalue weighted by Crippen LogP contribution is 2.20. The molecule has 0 aliphatic carbocycles. The van der Waals surface area contributed by atoms with Crippen LogP contribution in [-0.2, 0) is 4.79 Å². The zero-order chi connectivity index (χ0) is 9.97. The maximum absolute atomic E-state index is 11.6. The molecule has 0 spiro atoms. The fraction of sp³-hybridized carbons (Fsp3) is 0.400. The molecule has 2 rings (SSSR count). The van der Waals surface area contributed by atoms with Crippen molar-refractivity contribution in [3.8, 4) is 0 Å².